The van der Waals surface area contributed by atoms with Crippen LogP contribution >= 0.6 is 0 Å². The molecule has 0 aliphatic carbocycles. The summed E-state index contributed by atoms with van der Waals surface area (Å²) in [7, 11) is 7.95. The maximum absolute atomic E-state index is 11.5. The molecule has 0 aliphatic rings. The average molecular weight is 290 g/mol. The lowest BCUT2D eigenvalue weighted by atomic mass is 10.3. The largest absolute Gasteiger partial charge is 0.462 e. The minimum absolute atomic E-state index is 0.187. The van der Waals surface area contributed by atoms with Crippen LogP contribution in [0.3, 0.4) is 0 Å². The van der Waals surface area contributed by atoms with Gasteiger partial charge in [-0.1, -0.05) is 0 Å². The molecular formula is C14H30N2O4+2. The fraction of sp³-hybridized carbons (Fsp3) is 0.857. The van der Waals surface area contributed by atoms with Crippen LogP contribution in [0.5, 0.6) is 0 Å². The number of carbonyl (C=O) groups is 2. The fourth-order valence-corrected chi connectivity index (χ4v) is 1.81. The van der Waals surface area contributed by atoms with Gasteiger partial charge in [0.05, 0.1) is 41.4 Å². The summed E-state index contributed by atoms with van der Waals surface area (Å²) in [5.74, 6) is -0.374. The molecule has 20 heavy (non-hydrogen) atoms. The van der Waals surface area contributed by atoms with Gasteiger partial charge in [-0.25, -0.2) is 9.59 Å². The van der Waals surface area contributed by atoms with E-state index in [-0.39, 0.29) is 11.9 Å². The zero-order valence-electron chi connectivity index (χ0n) is 13.8. The standard InChI is InChI=1S/C14H30N2O4/c1-7-19-13(17)11-15(3,4)9-10-16(5,6)12-14(18)20-8-2/h7-12H2,1-6H3/q+2. The van der Waals surface area contributed by atoms with Crippen LogP contribution in [-0.4, -0.2) is 88.5 Å². The number of hydrogen-bond acceptors (Lipinski definition) is 4. The number of nitrogens with zero attached hydrogens (tertiary/aromatic N) is 2. The molecule has 6 heteroatoms. The fourth-order valence-electron chi connectivity index (χ4n) is 1.81. The van der Waals surface area contributed by atoms with Crippen LogP contribution in [0.15, 0.2) is 0 Å². The van der Waals surface area contributed by atoms with Gasteiger partial charge in [0.15, 0.2) is 13.1 Å². The summed E-state index contributed by atoms with van der Waals surface area (Å²) in [5.41, 5.74) is 0. The summed E-state index contributed by atoms with van der Waals surface area (Å²) in [6.45, 7) is 6.66. The van der Waals surface area contributed by atoms with Gasteiger partial charge in [-0.15, -0.1) is 0 Å². The molecule has 0 aromatic carbocycles. The number of rotatable bonds is 9. The number of likely N-dealkylation sites (N-methyl/N-ethyl adjacent to an activating group) is 2. The second kappa shape index (κ2) is 8.21. The van der Waals surface area contributed by atoms with Crippen LogP contribution in [0.1, 0.15) is 13.8 Å². The zero-order valence-corrected chi connectivity index (χ0v) is 13.8. The van der Waals surface area contributed by atoms with Crippen LogP contribution in [0.2, 0.25) is 0 Å². The Labute approximate surface area is 122 Å². The van der Waals surface area contributed by atoms with Gasteiger partial charge in [-0.2, -0.15) is 0 Å². The van der Waals surface area contributed by atoms with Crippen molar-refractivity contribution in [3.8, 4) is 0 Å². The Balaban J connectivity index is 4.28. The first-order valence-electron chi connectivity index (χ1n) is 7.07. The first-order chi connectivity index (χ1) is 9.12. The topological polar surface area (TPSA) is 52.6 Å². The van der Waals surface area contributed by atoms with Crippen LogP contribution in [0.4, 0.5) is 0 Å². The van der Waals surface area contributed by atoms with Gasteiger partial charge in [-0.3, -0.25) is 0 Å². The van der Waals surface area contributed by atoms with E-state index in [0.717, 1.165) is 13.1 Å². The van der Waals surface area contributed by atoms with Crippen LogP contribution in [0.25, 0.3) is 0 Å². The van der Waals surface area contributed by atoms with Crippen LogP contribution in [-0.2, 0) is 19.1 Å². The number of ether oxygens (including phenoxy) is 2. The van der Waals surface area contributed by atoms with Crippen molar-refractivity contribution in [1.29, 1.82) is 0 Å². The highest BCUT2D eigenvalue weighted by Crippen LogP contribution is 2.04. The van der Waals surface area contributed by atoms with Gasteiger partial charge < -0.3 is 18.4 Å². The van der Waals surface area contributed by atoms with E-state index in [1.54, 1.807) is 13.8 Å². The number of esters is 2. The summed E-state index contributed by atoms with van der Waals surface area (Å²) >= 11 is 0. The summed E-state index contributed by atoms with van der Waals surface area (Å²) in [5, 5.41) is 0. The van der Waals surface area contributed by atoms with Crippen LogP contribution in [0, 0.1) is 0 Å². The second-order valence-electron chi connectivity index (χ2n) is 6.24. The SMILES string of the molecule is CCOC(=O)C[N+](C)(C)CC[N+](C)(C)CC(=O)OCC. The molecule has 0 aromatic rings. The Morgan fingerprint density at radius 1 is 0.750 bits per heavy atom. The summed E-state index contributed by atoms with van der Waals surface area (Å²) in [4.78, 5) is 23.1. The third-order valence-electron chi connectivity index (χ3n) is 3.04. The normalized spacial score (nSPS) is 12.1. The van der Waals surface area contributed by atoms with Crippen molar-refractivity contribution in [2.45, 2.75) is 13.8 Å². The lowest BCUT2D eigenvalue weighted by Gasteiger charge is -2.34. The van der Waals surface area contributed by atoms with E-state index >= 15 is 0 Å². The Kier molecular flexibility index (Phi) is 7.75. The van der Waals surface area contributed by atoms with Gasteiger partial charge in [0.1, 0.15) is 13.1 Å². The summed E-state index contributed by atoms with van der Waals surface area (Å²) in [6.07, 6.45) is 0. The van der Waals surface area contributed by atoms with E-state index in [1.807, 2.05) is 28.2 Å². The average Bonchev–Trinajstić information content (AvgIpc) is 2.26. The van der Waals surface area contributed by atoms with Gasteiger partial charge in [0, 0.05) is 0 Å². The smallest absolute Gasteiger partial charge is 0.361 e. The van der Waals surface area contributed by atoms with Crippen molar-refractivity contribution in [3.63, 3.8) is 0 Å². The van der Waals surface area contributed by atoms with Crippen LogP contribution < -0.4 is 0 Å². The highest BCUT2D eigenvalue weighted by Gasteiger charge is 2.27. The maximum Gasteiger partial charge on any atom is 0.361 e. The number of quaternary nitrogens is 2. The molecule has 0 fully saturated rings. The molecule has 0 bridgehead atoms. The summed E-state index contributed by atoms with van der Waals surface area (Å²) < 4.78 is 11.0. The molecule has 0 heterocycles. The highest BCUT2D eigenvalue weighted by atomic mass is 16.5. The first kappa shape index (κ1) is 18.9. The lowest BCUT2D eigenvalue weighted by molar-refractivity contribution is -0.939. The molecule has 0 saturated carbocycles. The maximum atomic E-state index is 11.5. The second-order valence-corrected chi connectivity index (χ2v) is 6.24. The molecule has 0 rings (SSSR count). The Bertz CT molecular complexity index is 295. The van der Waals surface area contributed by atoms with Crippen molar-refractivity contribution >= 4 is 11.9 Å². The third kappa shape index (κ3) is 8.87. The molecule has 0 N–H and O–H groups in total. The first-order valence-corrected chi connectivity index (χ1v) is 7.07. The van der Waals surface area contributed by atoms with E-state index in [9.17, 15) is 9.59 Å². The van der Waals surface area contributed by atoms with Gasteiger partial charge in [0.2, 0.25) is 0 Å². The van der Waals surface area contributed by atoms with Gasteiger partial charge in [-0.05, 0) is 13.8 Å². The van der Waals surface area contributed by atoms with Crippen molar-refractivity contribution in [2.75, 3.05) is 67.6 Å². The predicted molar refractivity (Wildman–Crippen MR) is 77.0 cm³/mol. The molecule has 0 atom stereocenters. The highest BCUT2D eigenvalue weighted by molar-refractivity contribution is 5.70. The molecule has 0 saturated heterocycles. The summed E-state index contributed by atoms with van der Waals surface area (Å²) in [6, 6.07) is 0. The minimum Gasteiger partial charge on any atom is -0.462 e. The molecule has 0 aliphatic heterocycles. The van der Waals surface area contributed by atoms with Crippen molar-refractivity contribution < 1.29 is 28.0 Å². The quantitative estimate of drug-likeness (QED) is 0.452. The molecule has 0 unspecified atom stereocenters. The molecule has 0 aromatic heterocycles. The molecule has 0 spiro atoms. The Morgan fingerprint density at radius 3 is 1.30 bits per heavy atom. The number of carbonyl (C=O) groups excluding carboxylic acids is 2. The Morgan fingerprint density at radius 2 is 1.05 bits per heavy atom. The van der Waals surface area contributed by atoms with Crippen molar-refractivity contribution in [3.05, 3.63) is 0 Å². The van der Waals surface area contributed by atoms with E-state index in [0.29, 0.717) is 35.3 Å². The number of hydrogen-bond donors (Lipinski definition) is 0. The monoisotopic (exact) mass is 290 g/mol. The molecule has 118 valence electrons. The molecule has 6 nitrogen and oxygen atoms in total. The molecule has 0 amide bonds. The van der Waals surface area contributed by atoms with Gasteiger partial charge in [0.25, 0.3) is 0 Å². The van der Waals surface area contributed by atoms with E-state index in [4.69, 9.17) is 9.47 Å². The third-order valence-corrected chi connectivity index (χ3v) is 3.04. The molecule has 0 radical (unpaired) electrons. The predicted octanol–water partition coefficient (Wildman–Crippen LogP) is 0.265. The van der Waals surface area contributed by atoms with Gasteiger partial charge >= 0.3 is 11.9 Å². The van der Waals surface area contributed by atoms with Crippen molar-refractivity contribution in [1.82, 2.24) is 0 Å². The molecular weight excluding hydrogens is 260 g/mol. The zero-order chi connectivity index (χ0) is 15.8. The Hall–Kier alpha value is -1.14. The van der Waals surface area contributed by atoms with E-state index in [2.05, 4.69) is 0 Å². The van der Waals surface area contributed by atoms with E-state index in [1.165, 1.54) is 0 Å². The minimum atomic E-state index is -0.187. The van der Waals surface area contributed by atoms with E-state index < -0.39 is 0 Å². The lowest BCUT2D eigenvalue weighted by Crippen LogP contribution is -2.54. The van der Waals surface area contributed by atoms with Crippen molar-refractivity contribution in [2.24, 2.45) is 0 Å².